The summed E-state index contributed by atoms with van der Waals surface area (Å²) in [5.41, 5.74) is 2.37. The molecule has 1 N–H and O–H groups in total. The summed E-state index contributed by atoms with van der Waals surface area (Å²) in [4.78, 5) is 15.4. The maximum absolute atomic E-state index is 11.8. The molecule has 0 saturated carbocycles. The third-order valence-corrected chi connectivity index (χ3v) is 2.16. The number of benzene rings is 1. The molecule has 19 heavy (non-hydrogen) atoms. The van der Waals surface area contributed by atoms with E-state index in [-0.39, 0.29) is 6.42 Å². The van der Waals surface area contributed by atoms with Crippen LogP contribution in [0.15, 0.2) is 30.3 Å². The second-order valence-electron chi connectivity index (χ2n) is 3.74. The van der Waals surface area contributed by atoms with Gasteiger partial charge in [-0.15, -0.1) is 0 Å². The van der Waals surface area contributed by atoms with Gasteiger partial charge in [-0.2, -0.15) is 18.4 Å². The van der Waals surface area contributed by atoms with Crippen molar-refractivity contribution in [3.8, 4) is 6.07 Å². The number of hydrogen-bond donors (Lipinski definition) is 1. The van der Waals surface area contributed by atoms with Gasteiger partial charge in [0.2, 0.25) is 0 Å². The fraction of sp³-hybridized carbons (Fsp3) is 0.333. The van der Waals surface area contributed by atoms with Gasteiger partial charge in [0.1, 0.15) is 5.92 Å². The maximum Gasteiger partial charge on any atom is 0.414 e. The average molecular weight is 272 g/mol. The highest BCUT2D eigenvalue weighted by Crippen LogP contribution is 2.14. The first kappa shape index (κ1) is 15.0. The van der Waals surface area contributed by atoms with Gasteiger partial charge in [-0.1, -0.05) is 30.3 Å². The molecule has 1 rings (SSSR count). The number of hydrogen-bond acceptors (Lipinski definition) is 3. The predicted molar refractivity (Wildman–Crippen MR) is 59.4 cm³/mol. The number of halogens is 3. The van der Waals surface area contributed by atoms with E-state index in [1.54, 1.807) is 41.9 Å². The van der Waals surface area contributed by atoms with Crippen LogP contribution in [0, 0.1) is 17.2 Å². The van der Waals surface area contributed by atoms with Gasteiger partial charge < -0.3 is 0 Å². The van der Waals surface area contributed by atoms with Crippen molar-refractivity contribution in [1.82, 2.24) is 5.48 Å². The summed E-state index contributed by atoms with van der Waals surface area (Å²) in [7, 11) is 0. The van der Waals surface area contributed by atoms with Crippen molar-refractivity contribution >= 4 is 5.91 Å². The fourth-order valence-electron chi connectivity index (χ4n) is 1.31. The van der Waals surface area contributed by atoms with Crippen LogP contribution in [0.5, 0.6) is 0 Å². The first-order chi connectivity index (χ1) is 8.92. The lowest BCUT2D eigenvalue weighted by Gasteiger charge is -2.11. The van der Waals surface area contributed by atoms with Crippen LogP contribution >= 0.6 is 0 Å². The Labute approximate surface area is 107 Å². The molecule has 1 aromatic carbocycles. The Bertz CT molecular complexity index is 454. The number of rotatable bonds is 5. The van der Waals surface area contributed by atoms with E-state index in [4.69, 9.17) is 5.26 Å². The third kappa shape index (κ3) is 5.88. The lowest BCUT2D eigenvalue weighted by Crippen LogP contribution is -2.34. The van der Waals surface area contributed by atoms with Gasteiger partial charge in [0.15, 0.2) is 6.61 Å². The van der Waals surface area contributed by atoms with Crippen molar-refractivity contribution in [2.24, 2.45) is 5.92 Å². The molecule has 0 spiro atoms. The van der Waals surface area contributed by atoms with Crippen molar-refractivity contribution in [1.29, 1.82) is 5.26 Å². The number of nitrogens with one attached hydrogen (secondary N) is 1. The highest BCUT2D eigenvalue weighted by molar-refractivity contribution is 5.80. The normalized spacial score (nSPS) is 12.5. The lowest BCUT2D eigenvalue weighted by atomic mass is 10.0. The van der Waals surface area contributed by atoms with E-state index in [1.807, 2.05) is 0 Å². The average Bonchev–Trinajstić information content (AvgIpc) is 2.35. The third-order valence-electron chi connectivity index (χ3n) is 2.16. The standard InChI is InChI=1S/C12H11F3N2O2/c13-12(14,15)8-19-17-11(18)10(7-16)6-9-4-2-1-3-5-9/h1-5,10H,6,8H2,(H,17,18). The van der Waals surface area contributed by atoms with E-state index in [9.17, 15) is 18.0 Å². The number of carbonyl (C=O) groups is 1. The number of hydroxylamine groups is 1. The molecule has 1 atom stereocenters. The minimum absolute atomic E-state index is 0.110. The molecule has 0 heterocycles. The number of alkyl halides is 3. The van der Waals surface area contributed by atoms with Crippen molar-refractivity contribution in [2.75, 3.05) is 6.61 Å². The summed E-state index contributed by atoms with van der Waals surface area (Å²) in [6.07, 6.45) is -4.42. The second kappa shape index (κ2) is 6.75. The number of nitriles is 1. The van der Waals surface area contributed by atoms with Crippen molar-refractivity contribution in [2.45, 2.75) is 12.6 Å². The van der Waals surface area contributed by atoms with Crippen LogP contribution in [0.4, 0.5) is 13.2 Å². The zero-order valence-corrected chi connectivity index (χ0v) is 9.78. The topological polar surface area (TPSA) is 62.1 Å². The Morgan fingerprint density at radius 3 is 2.53 bits per heavy atom. The van der Waals surface area contributed by atoms with Crippen molar-refractivity contribution in [3.05, 3.63) is 35.9 Å². The van der Waals surface area contributed by atoms with E-state index in [1.165, 1.54) is 0 Å². The van der Waals surface area contributed by atoms with Gasteiger partial charge in [0.25, 0.3) is 5.91 Å². The molecule has 1 unspecified atom stereocenters. The molecule has 102 valence electrons. The van der Waals surface area contributed by atoms with Crippen LogP contribution < -0.4 is 5.48 Å². The smallest absolute Gasteiger partial charge is 0.271 e. The minimum atomic E-state index is -4.53. The Morgan fingerprint density at radius 2 is 2.00 bits per heavy atom. The molecule has 0 aliphatic heterocycles. The highest BCUT2D eigenvalue weighted by Gasteiger charge is 2.29. The molecule has 0 bridgehead atoms. The molecule has 0 radical (unpaired) electrons. The van der Waals surface area contributed by atoms with Crippen LogP contribution in [0.3, 0.4) is 0 Å². The van der Waals surface area contributed by atoms with Crippen LogP contribution in [0.1, 0.15) is 5.56 Å². The Hall–Kier alpha value is -2.07. The zero-order valence-electron chi connectivity index (χ0n) is 9.78. The van der Waals surface area contributed by atoms with E-state index in [0.29, 0.717) is 0 Å². The van der Waals surface area contributed by atoms with Gasteiger partial charge in [-0.25, -0.2) is 5.48 Å². The Morgan fingerprint density at radius 1 is 1.37 bits per heavy atom. The van der Waals surface area contributed by atoms with E-state index in [2.05, 4.69) is 4.84 Å². The molecular formula is C12H11F3N2O2. The molecule has 0 saturated heterocycles. The van der Waals surface area contributed by atoms with E-state index >= 15 is 0 Å². The van der Waals surface area contributed by atoms with Crippen LogP contribution in [-0.2, 0) is 16.1 Å². The van der Waals surface area contributed by atoms with Gasteiger partial charge in [0.05, 0.1) is 6.07 Å². The zero-order chi connectivity index (χ0) is 14.3. The monoisotopic (exact) mass is 272 g/mol. The van der Waals surface area contributed by atoms with Gasteiger partial charge >= 0.3 is 6.18 Å². The summed E-state index contributed by atoms with van der Waals surface area (Å²) >= 11 is 0. The molecule has 7 heteroatoms. The Balaban J connectivity index is 2.47. The highest BCUT2D eigenvalue weighted by atomic mass is 19.4. The summed E-state index contributed by atoms with van der Waals surface area (Å²) in [5, 5.41) is 8.83. The summed E-state index contributed by atoms with van der Waals surface area (Å²) < 4.78 is 35.4. The second-order valence-corrected chi connectivity index (χ2v) is 3.74. The molecule has 1 aromatic rings. The first-order valence-electron chi connectivity index (χ1n) is 5.34. The fourth-order valence-corrected chi connectivity index (χ4v) is 1.31. The number of nitrogens with zero attached hydrogens (tertiary/aromatic N) is 1. The lowest BCUT2D eigenvalue weighted by molar-refractivity contribution is -0.192. The van der Waals surface area contributed by atoms with Gasteiger partial charge in [-0.3, -0.25) is 9.63 Å². The quantitative estimate of drug-likeness (QED) is 0.834. The van der Waals surface area contributed by atoms with E-state index < -0.39 is 24.6 Å². The molecule has 0 aromatic heterocycles. The number of amides is 1. The summed E-state index contributed by atoms with van der Waals surface area (Å²) in [6, 6.07) is 10.4. The van der Waals surface area contributed by atoms with Gasteiger partial charge in [0, 0.05) is 0 Å². The van der Waals surface area contributed by atoms with Crippen molar-refractivity contribution in [3.63, 3.8) is 0 Å². The van der Waals surface area contributed by atoms with Crippen LogP contribution in [0.25, 0.3) is 0 Å². The molecule has 0 aliphatic rings. The predicted octanol–water partition coefficient (Wildman–Crippen LogP) is 1.98. The molecule has 4 nitrogen and oxygen atoms in total. The molecule has 1 amide bonds. The van der Waals surface area contributed by atoms with Crippen LogP contribution in [0.2, 0.25) is 0 Å². The van der Waals surface area contributed by atoms with Crippen LogP contribution in [-0.4, -0.2) is 18.7 Å². The number of carbonyl (C=O) groups excluding carboxylic acids is 1. The Kier molecular flexibility index (Phi) is 5.33. The molecular weight excluding hydrogens is 261 g/mol. The molecule has 0 fully saturated rings. The minimum Gasteiger partial charge on any atom is -0.271 e. The summed E-state index contributed by atoms with van der Waals surface area (Å²) in [6.45, 7) is -1.60. The maximum atomic E-state index is 11.8. The van der Waals surface area contributed by atoms with Gasteiger partial charge in [-0.05, 0) is 12.0 Å². The van der Waals surface area contributed by atoms with E-state index in [0.717, 1.165) is 5.56 Å². The SMILES string of the molecule is N#CC(Cc1ccccc1)C(=O)NOCC(F)(F)F. The molecule has 0 aliphatic carbocycles. The summed E-state index contributed by atoms with van der Waals surface area (Å²) in [5.74, 6) is -1.99. The first-order valence-corrected chi connectivity index (χ1v) is 5.34. The largest absolute Gasteiger partial charge is 0.414 e. The van der Waals surface area contributed by atoms with Crippen molar-refractivity contribution < 1.29 is 22.8 Å².